The number of benzene rings is 4. The molecule has 1 amide bonds. The van der Waals surface area contributed by atoms with Gasteiger partial charge < -0.3 is 29.5 Å². The van der Waals surface area contributed by atoms with Gasteiger partial charge in [-0.25, -0.2) is 0 Å². The Balaban J connectivity index is 0.000000311. The number of nitrogens with one attached hydrogen (secondary N) is 1. The number of para-hydroxylation sites is 2. The van der Waals surface area contributed by atoms with Gasteiger partial charge in [-0.1, -0.05) is 54.9 Å². The second kappa shape index (κ2) is 24.4. The fourth-order valence-electron chi connectivity index (χ4n) is 7.15. The summed E-state index contributed by atoms with van der Waals surface area (Å²) in [4.78, 5) is 27.0. The molecule has 0 unspecified atom stereocenters. The zero-order valence-electron chi connectivity index (χ0n) is 35.6. The van der Waals surface area contributed by atoms with Crippen LogP contribution < -0.4 is 19.7 Å². The van der Waals surface area contributed by atoms with Gasteiger partial charge in [0.05, 0.1) is 16.8 Å². The third kappa shape index (κ3) is 17.6. The minimum Gasteiger partial charge on any atom is -0.487 e. The molecule has 0 bridgehead atoms. The monoisotopic (exact) mass is 960 g/mol. The first-order valence-corrected chi connectivity index (χ1v) is 21.5. The lowest BCUT2D eigenvalue weighted by atomic mass is 9.93. The molecule has 2 heterocycles. The predicted molar refractivity (Wildman–Crippen MR) is 245 cm³/mol. The second-order valence-electron chi connectivity index (χ2n) is 15.8. The zero-order chi connectivity index (χ0) is 46.4. The second-order valence-corrected chi connectivity index (χ2v) is 17.2. The molecule has 0 atom stereocenters. The van der Waals surface area contributed by atoms with E-state index in [1.165, 1.54) is 49.1 Å². The third-order valence-electron chi connectivity index (χ3n) is 10.7. The molecule has 17 heteroatoms. The molecule has 0 aliphatic carbocycles. The molecule has 2 aliphatic rings. The van der Waals surface area contributed by atoms with Crippen LogP contribution in [0, 0.1) is 0 Å². The number of carbonyl (C=O) groups excluding carboxylic acids is 2. The molecule has 0 radical (unpaired) electrons. The number of hydrogen-bond acceptors (Lipinski definition) is 7. The van der Waals surface area contributed by atoms with E-state index in [2.05, 4.69) is 40.6 Å². The van der Waals surface area contributed by atoms with E-state index in [1.54, 1.807) is 30.3 Å². The summed E-state index contributed by atoms with van der Waals surface area (Å²) in [7, 11) is 0. The fraction of sp³-hybridized carbons (Fsp3) is 0.447. The average molecular weight is 962 g/mol. The maximum Gasteiger partial charge on any atom is 0.418 e. The number of amides is 1. The number of alkyl halides is 6. The van der Waals surface area contributed by atoms with E-state index in [9.17, 15) is 35.9 Å². The highest BCUT2D eigenvalue weighted by Gasteiger charge is 2.37. The highest BCUT2D eigenvalue weighted by Crippen LogP contribution is 2.37. The van der Waals surface area contributed by atoms with Crippen LogP contribution in [0.5, 0.6) is 11.5 Å². The van der Waals surface area contributed by atoms with Gasteiger partial charge in [-0.3, -0.25) is 9.59 Å². The lowest BCUT2D eigenvalue weighted by Crippen LogP contribution is -2.48. The highest BCUT2D eigenvalue weighted by atomic mass is 35.5. The first-order chi connectivity index (χ1) is 29.6. The molecule has 2 saturated heterocycles. The molecule has 0 saturated carbocycles. The normalized spacial score (nSPS) is 16.1. The number of ether oxygens (including phenoxy) is 2. The van der Waals surface area contributed by atoms with E-state index in [1.807, 2.05) is 24.3 Å². The van der Waals surface area contributed by atoms with Crippen LogP contribution in [0.1, 0.15) is 71.9 Å². The van der Waals surface area contributed by atoms with Crippen molar-refractivity contribution < 1.29 is 45.4 Å². The Hall–Kier alpha value is -4.21. The van der Waals surface area contributed by atoms with Gasteiger partial charge in [0.1, 0.15) is 22.7 Å². The zero-order valence-corrected chi connectivity index (χ0v) is 37.9. The van der Waals surface area contributed by atoms with Crippen LogP contribution in [-0.2, 0) is 21.9 Å². The van der Waals surface area contributed by atoms with Crippen molar-refractivity contribution in [3.63, 3.8) is 0 Å². The van der Waals surface area contributed by atoms with Gasteiger partial charge in [0.25, 0.3) is 0 Å². The van der Waals surface area contributed by atoms with Crippen LogP contribution in [0.4, 0.5) is 37.7 Å². The van der Waals surface area contributed by atoms with E-state index in [0.29, 0.717) is 29.7 Å². The summed E-state index contributed by atoms with van der Waals surface area (Å²) in [5, 5.41) is 3.89. The van der Waals surface area contributed by atoms with Crippen molar-refractivity contribution in [3.8, 4) is 11.5 Å². The summed E-state index contributed by atoms with van der Waals surface area (Å²) < 4.78 is 91.6. The largest absolute Gasteiger partial charge is 0.487 e. The number of piperidine rings is 2. The van der Waals surface area contributed by atoms with Crippen molar-refractivity contribution in [2.45, 2.75) is 84.4 Å². The lowest BCUT2D eigenvalue weighted by Gasteiger charge is -2.40. The maximum absolute atomic E-state index is 13.4. The molecule has 8 nitrogen and oxygen atoms in total. The summed E-state index contributed by atoms with van der Waals surface area (Å²) >= 11 is 16.5. The van der Waals surface area contributed by atoms with Crippen LogP contribution in [0.15, 0.2) is 97.1 Å². The van der Waals surface area contributed by atoms with Crippen molar-refractivity contribution in [2.24, 2.45) is 0 Å². The maximum atomic E-state index is 13.4. The van der Waals surface area contributed by atoms with Crippen LogP contribution in [0.25, 0.3) is 0 Å². The summed E-state index contributed by atoms with van der Waals surface area (Å²) in [5.41, 5.74) is -1.97. The SMILES string of the molecule is C.CC(=O)Cl.CC(=O)N(CCN1CCC(C)(Oc2ccc(Cl)cc2)CC1)c1ccccc1C(F)(F)F.CC1(Oc2ccc(Cl)cc2)CCN(CCNc2ccccc2C(F)(F)F)CC1. The summed E-state index contributed by atoms with van der Waals surface area (Å²) in [6.45, 7) is 11.7. The van der Waals surface area contributed by atoms with E-state index < -0.39 is 29.4 Å². The summed E-state index contributed by atoms with van der Waals surface area (Å²) in [6.07, 6.45) is -5.61. The number of likely N-dealkylation sites (tertiary alicyclic amines) is 2. The van der Waals surface area contributed by atoms with Gasteiger partial charge in [0, 0.05) is 81.9 Å². The van der Waals surface area contributed by atoms with E-state index in [4.69, 9.17) is 32.7 Å². The van der Waals surface area contributed by atoms with Crippen LogP contribution in [-0.4, -0.2) is 84.5 Å². The Morgan fingerprint density at radius 2 is 1.05 bits per heavy atom. The molecule has 0 aromatic heterocycles. The predicted octanol–water partition coefficient (Wildman–Crippen LogP) is 12.8. The van der Waals surface area contributed by atoms with Gasteiger partial charge in [0.15, 0.2) is 0 Å². The van der Waals surface area contributed by atoms with Gasteiger partial charge >= 0.3 is 12.4 Å². The Bertz CT molecular complexity index is 2050. The van der Waals surface area contributed by atoms with Gasteiger partial charge in [0.2, 0.25) is 11.1 Å². The topological polar surface area (TPSA) is 74.4 Å². The smallest absolute Gasteiger partial charge is 0.418 e. The van der Waals surface area contributed by atoms with Crippen LogP contribution >= 0.6 is 34.8 Å². The molecule has 2 aliphatic heterocycles. The fourth-order valence-corrected chi connectivity index (χ4v) is 7.40. The average Bonchev–Trinajstić information content (AvgIpc) is 3.21. The van der Waals surface area contributed by atoms with E-state index in [-0.39, 0.29) is 41.8 Å². The first-order valence-electron chi connectivity index (χ1n) is 20.4. The Morgan fingerprint density at radius 3 is 1.47 bits per heavy atom. The minimum absolute atomic E-state index is 0. The first kappa shape index (κ1) is 54.1. The van der Waals surface area contributed by atoms with Gasteiger partial charge in [-0.2, -0.15) is 26.3 Å². The van der Waals surface area contributed by atoms with Crippen LogP contribution in [0.2, 0.25) is 10.0 Å². The molecule has 2 fully saturated rings. The summed E-state index contributed by atoms with van der Waals surface area (Å²) in [5.74, 6) is 1.14. The minimum atomic E-state index is -4.52. The van der Waals surface area contributed by atoms with E-state index in [0.717, 1.165) is 75.5 Å². The number of rotatable bonds is 12. The third-order valence-corrected chi connectivity index (χ3v) is 11.2. The molecule has 352 valence electrons. The van der Waals surface area contributed by atoms with Crippen molar-refractivity contribution in [3.05, 3.63) is 118 Å². The van der Waals surface area contributed by atoms with Crippen molar-refractivity contribution >= 4 is 57.3 Å². The molecule has 64 heavy (non-hydrogen) atoms. The standard InChI is InChI=1S/C23H26ClF3N2O2.C21H24ClF3N2O.C2H3ClO.CH4/c1-17(30)29(21-6-4-3-5-20(21)23(25,26)27)16-15-28-13-11-22(2,12-14-28)31-19-9-7-18(24)8-10-19;1-20(28-17-8-6-16(22)7-9-17)10-13-27(14-11-20)15-12-26-19-5-3-2-4-18(19)21(23,24)25;1-2(3)4;/h3-10H,11-16H2,1-2H3;2-9,26H,10-15H2,1H3;1H3;1H4. The van der Waals surface area contributed by atoms with Gasteiger partial charge in [-0.05, 0) is 124 Å². The number of hydrogen-bond donors (Lipinski definition) is 1. The quantitative estimate of drug-likeness (QED) is 0.112. The molecular formula is C47H57Cl3F6N4O4. The molecule has 0 spiro atoms. The Labute approximate surface area is 387 Å². The molecular weight excluding hydrogens is 905 g/mol. The molecule has 6 rings (SSSR count). The Kier molecular flexibility index (Phi) is 20.6. The number of halogens is 9. The lowest BCUT2D eigenvalue weighted by molar-refractivity contribution is -0.138. The molecule has 1 N–H and O–H groups in total. The van der Waals surface area contributed by atoms with Gasteiger partial charge in [-0.15, -0.1) is 0 Å². The molecule has 4 aromatic carbocycles. The van der Waals surface area contributed by atoms with Crippen LogP contribution in [0.3, 0.4) is 0 Å². The number of anilines is 2. The number of nitrogens with zero attached hydrogens (tertiary/aromatic N) is 3. The summed E-state index contributed by atoms with van der Waals surface area (Å²) in [6, 6.07) is 25.3. The van der Waals surface area contributed by atoms with Crippen molar-refractivity contribution in [1.82, 2.24) is 9.80 Å². The number of carbonyl (C=O) groups is 2. The van der Waals surface area contributed by atoms with E-state index >= 15 is 0 Å². The van der Waals surface area contributed by atoms with Crippen molar-refractivity contribution in [1.29, 1.82) is 0 Å². The highest BCUT2D eigenvalue weighted by molar-refractivity contribution is 6.62. The Morgan fingerprint density at radius 1 is 0.656 bits per heavy atom. The van der Waals surface area contributed by atoms with Crippen molar-refractivity contribution in [2.75, 3.05) is 62.6 Å². The molecule has 4 aromatic rings.